The topological polar surface area (TPSA) is 61.6 Å². The van der Waals surface area contributed by atoms with Gasteiger partial charge in [-0.25, -0.2) is 0 Å². The number of nitrogens with one attached hydrogen (secondary N) is 1. The van der Waals surface area contributed by atoms with Gasteiger partial charge in [0.25, 0.3) is 5.54 Å². The first kappa shape index (κ1) is 8.86. The molecule has 2 saturated heterocycles. The lowest BCUT2D eigenvalue weighted by Crippen LogP contribution is -2.70. The Labute approximate surface area is 76.6 Å². The lowest BCUT2D eigenvalue weighted by atomic mass is 9.95. The lowest BCUT2D eigenvalue weighted by Gasteiger charge is -2.44. The van der Waals surface area contributed by atoms with Crippen LogP contribution in [-0.4, -0.2) is 60.3 Å². The van der Waals surface area contributed by atoms with Crippen LogP contribution >= 0.6 is 0 Å². The Balaban J connectivity index is 2.20. The Bertz CT molecular complexity index is 231. The second kappa shape index (κ2) is 2.90. The van der Waals surface area contributed by atoms with Crippen molar-refractivity contribution in [1.29, 1.82) is 0 Å². The molecule has 13 heavy (non-hydrogen) atoms. The second-order valence-electron chi connectivity index (χ2n) is 4.05. The van der Waals surface area contributed by atoms with Gasteiger partial charge in [-0.2, -0.15) is 0 Å². The van der Waals surface area contributed by atoms with E-state index < -0.39 is 5.54 Å². The molecule has 0 aromatic rings. The summed E-state index contributed by atoms with van der Waals surface area (Å²) in [6.07, 6.45) is 0. The molecule has 6 nitrogen and oxygen atoms in total. The van der Waals surface area contributed by atoms with Gasteiger partial charge in [-0.3, -0.25) is 25.2 Å². The van der Waals surface area contributed by atoms with Gasteiger partial charge < -0.3 is 0 Å². The predicted molar refractivity (Wildman–Crippen MR) is 46.8 cm³/mol. The Hall–Kier alpha value is -0.720. The average molecular weight is 186 g/mol. The summed E-state index contributed by atoms with van der Waals surface area (Å²) in [5.41, 5.74) is -0.786. The molecule has 2 unspecified atom stereocenters. The molecule has 0 saturated carbocycles. The fraction of sp³-hybridized carbons (Fsp3) is 1.00. The normalized spacial score (nSPS) is 40.2. The van der Waals surface area contributed by atoms with Crippen LogP contribution in [0.2, 0.25) is 0 Å². The van der Waals surface area contributed by atoms with Crippen molar-refractivity contribution in [2.24, 2.45) is 0 Å². The van der Waals surface area contributed by atoms with Gasteiger partial charge in [0.15, 0.2) is 0 Å². The third kappa shape index (κ3) is 1.41. The van der Waals surface area contributed by atoms with E-state index in [1.807, 2.05) is 11.9 Å². The average Bonchev–Trinajstić information content (AvgIpc) is 2.02. The predicted octanol–water partition coefficient (Wildman–Crippen LogP) is -1.23. The van der Waals surface area contributed by atoms with E-state index in [2.05, 4.69) is 10.2 Å². The van der Waals surface area contributed by atoms with E-state index in [9.17, 15) is 10.1 Å². The summed E-state index contributed by atoms with van der Waals surface area (Å²) >= 11 is 0. The molecule has 6 heteroatoms. The van der Waals surface area contributed by atoms with E-state index in [1.165, 1.54) is 0 Å². The van der Waals surface area contributed by atoms with Gasteiger partial charge in [0, 0.05) is 11.6 Å². The molecule has 2 bridgehead atoms. The highest BCUT2D eigenvalue weighted by Gasteiger charge is 2.50. The van der Waals surface area contributed by atoms with E-state index in [0.29, 0.717) is 19.6 Å². The van der Waals surface area contributed by atoms with Crippen LogP contribution in [-0.2, 0) is 0 Å². The van der Waals surface area contributed by atoms with Crippen molar-refractivity contribution >= 4 is 0 Å². The van der Waals surface area contributed by atoms with Gasteiger partial charge in [-0.15, -0.1) is 0 Å². The van der Waals surface area contributed by atoms with E-state index in [0.717, 1.165) is 13.3 Å². The molecule has 2 aliphatic rings. The summed E-state index contributed by atoms with van der Waals surface area (Å²) in [4.78, 5) is 14.9. The third-order valence-corrected chi connectivity index (χ3v) is 2.70. The van der Waals surface area contributed by atoms with Crippen molar-refractivity contribution in [2.45, 2.75) is 5.54 Å². The van der Waals surface area contributed by atoms with Gasteiger partial charge >= 0.3 is 0 Å². The Morgan fingerprint density at radius 3 is 3.00 bits per heavy atom. The van der Waals surface area contributed by atoms with Gasteiger partial charge in [-0.1, -0.05) is 0 Å². The van der Waals surface area contributed by atoms with Crippen molar-refractivity contribution in [3.8, 4) is 0 Å². The molecule has 0 aliphatic carbocycles. The molecule has 2 aliphatic heterocycles. The molecule has 2 fully saturated rings. The minimum absolute atomic E-state index is 0.137. The number of nitro groups is 1. The summed E-state index contributed by atoms with van der Waals surface area (Å²) in [5, 5.41) is 14.0. The highest BCUT2D eigenvalue weighted by atomic mass is 16.6. The van der Waals surface area contributed by atoms with E-state index in [4.69, 9.17) is 0 Å². The second-order valence-corrected chi connectivity index (χ2v) is 4.05. The maximum Gasteiger partial charge on any atom is 0.259 e. The monoisotopic (exact) mass is 186 g/mol. The molecule has 2 atom stereocenters. The number of hydrogen-bond donors (Lipinski definition) is 1. The van der Waals surface area contributed by atoms with Crippen LogP contribution in [0.4, 0.5) is 0 Å². The first-order valence-electron chi connectivity index (χ1n) is 4.38. The van der Waals surface area contributed by atoms with Gasteiger partial charge in [0.1, 0.15) is 0 Å². The van der Waals surface area contributed by atoms with Gasteiger partial charge in [-0.05, 0) is 7.05 Å². The van der Waals surface area contributed by atoms with Crippen molar-refractivity contribution in [3.05, 3.63) is 10.1 Å². The molecule has 74 valence electrons. The first-order chi connectivity index (χ1) is 6.12. The standard InChI is InChI=1S/C7H14N4O2/c1-9-3-7(11(12)13)2-8-5-10(4-7)6-9/h8H,2-6H2,1H3. The smallest absolute Gasteiger partial charge is 0.259 e. The number of nitrogens with zero attached hydrogens (tertiary/aromatic N) is 3. The summed E-state index contributed by atoms with van der Waals surface area (Å²) in [6.45, 7) is 3.20. The lowest BCUT2D eigenvalue weighted by molar-refractivity contribution is -0.576. The maximum absolute atomic E-state index is 10.9. The third-order valence-electron chi connectivity index (χ3n) is 2.70. The highest BCUT2D eigenvalue weighted by Crippen LogP contribution is 2.20. The SMILES string of the molecule is CN1CN2CNCC([N+](=O)[O-])(C1)C2. The van der Waals surface area contributed by atoms with E-state index >= 15 is 0 Å². The van der Waals surface area contributed by atoms with Crippen molar-refractivity contribution in [2.75, 3.05) is 40.0 Å². The minimum Gasteiger partial charge on any atom is -0.297 e. The van der Waals surface area contributed by atoms with Crippen molar-refractivity contribution in [1.82, 2.24) is 15.1 Å². The molecule has 0 spiro atoms. The Morgan fingerprint density at radius 2 is 2.31 bits per heavy atom. The zero-order chi connectivity index (χ0) is 9.47. The fourth-order valence-corrected chi connectivity index (χ4v) is 2.25. The summed E-state index contributed by atoms with van der Waals surface area (Å²) in [7, 11) is 1.93. The van der Waals surface area contributed by atoms with E-state index in [-0.39, 0.29) is 4.92 Å². The van der Waals surface area contributed by atoms with Crippen LogP contribution in [0.25, 0.3) is 0 Å². The number of rotatable bonds is 1. The molecule has 2 heterocycles. The van der Waals surface area contributed by atoms with Crippen LogP contribution in [0.1, 0.15) is 0 Å². The molecule has 2 rings (SSSR count). The number of hydrogen-bond acceptors (Lipinski definition) is 5. The molecule has 0 aromatic carbocycles. The fourth-order valence-electron chi connectivity index (χ4n) is 2.25. The quantitative estimate of drug-likeness (QED) is 0.410. The molecule has 1 N–H and O–H groups in total. The number of likely N-dealkylation sites (N-methyl/N-ethyl adjacent to an activating group) is 1. The van der Waals surface area contributed by atoms with Gasteiger partial charge in [0.2, 0.25) is 0 Å². The molecular weight excluding hydrogens is 172 g/mol. The summed E-state index contributed by atoms with van der Waals surface area (Å²) < 4.78 is 0. The zero-order valence-electron chi connectivity index (χ0n) is 7.69. The molecule has 0 radical (unpaired) electrons. The summed E-state index contributed by atoms with van der Waals surface area (Å²) in [6, 6.07) is 0. The van der Waals surface area contributed by atoms with Crippen LogP contribution in [0.15, 0.2) is 0 Å². The largest absolute Gasteiger partial charge is 0.297 e. The van der Waals surface area contributed by atoms with Crippen molar-refractivity contribution in [3.63, 3.8) is 0 Å². The van der Waals surface area contributed by atoms with Crippen LogP contribution < -0.4 is 5.32 Å². The zero-order valence-corrected chi connectivity index (χ0v) is 7.69. The van der Waals surface area contributed by atoms with Crippen LogP contribution in [0, 0.1) is 10.1 Å². The van der Waals surface area contributed by atoms with E-state index in [1.54, 1.807) is 0 Å². The Kier molecular flexibility index (Phi) is 1.98. The molecule has 0 amide bonds. The molecule has 0 aromatic heterocycles. The van der Waals surface area contributed by atoms with Crippen LogP contribution in [0.5, 0.6) is 0 Å². The maximum atomic E-state index is 10.9. The van der Waals surface area contributed by atoms with Crippen LogP contribution in [0.3, 0.4) is 0 Å². The van der Waals surface area contributed by atoms with Gasteiger partial charge in [0.05, 0.1) is 26.3 Å². The highest BCUT2D eigenvalue weighted by molar-refractivity contribution is 4.94. The summed E-state index contributed by atoms with van der Waals surface area (Å²) in [5.74, 6) is 0. The Morgan fingerprint density at radius 1 is 1.54 bits per heavy atom. The number of fused-ring (bicyclic) bond motifs is 2. The molecular formula is C7H14N4O2. The first-order valence-corrected chi connectivity index (χ1v) is 4.38. The minimum atomic E-state index is -0.786. The van der Waals surface area contributed by atoms with Crippen molar-refractivity contribution < 1.29 is 4.92 Å².